The van der Waals surface area contributed by atoms with Gasteiger partial charge in [-0.2, -0.15) is 0 Å². The molecule has 1 aliphatic rings. The molecule has 0 aromatic heterocycles. The topological polar surface area (TPSA) is 47.3 Å². The van der Waals surface area contributed by atoms with E-state index in [1.807, 2.05) is 6.92 Å². The average molecular weight is 266 g/mol. The molecular formula is C15H23FN2O. The lowest BCUT2D eigenvalue weighted by molar-refractivity contribution is 0.301. The number of rotatable bonds is 5. The summed E-state index contributed by atoms with van der Waals surface area (Å²) in [5.74, 6) is -0.117. The summed E-state index contributed by atoms with van der Waals surface area (Å²) in [6.45, 7) is 4.70. The summed E-state index contributed by atoms with van der Waals surface area (Å²) < 4.78 is 19.1. The maximum atomic E-state index is 13.7. The van der Waals surface area contributed by atoms with Crippen molar-refractivity contribution in [3.8, 4) is 5.75 Å². The number of anilines is 2. The van der Waals surface area contributed by atoms with Crippen LogP contribution in [0.15, 0.2) is 12.1 Å². The van der Waals surface area contributed by atoms with Crippen molar-refractivity contribution in [1.29, 1.82) is 0 Å². The fourth-order valence-corrected chi connectivity index (χ4v) is 2.61. The lowest BCUT2D eigenvalue weighted by Crippen LogP contribution is -2.31. The minimum Gasteiger partial charge on any atom is -0.490 e. The Labute approximate surface area is 114 Å². The van der Waals surface area contributed by atoms with E-state index in [9.17, 15) is 4.39 Å². The van der Waals surface area contributed by atoms with Gasteiger partial charge in [-0.15, -0.1) is 0 Å². The number of nitrogen functional groups attached to an aromatic ring is 1. The molecule has 3 N–H and O–H groups in total. The molecule has 1 aromatic carbocycles. The van der Waals surface area contributed by atoms with Crippen molar-refractivity contribution in [3.05, 3.63) is 17.9 Å². The van der Waals surface area contributed by atoms with Gasteiger partial charge in [0.05, 0.1) is 18.0 Å². The van der Waals surface area contributed by atoms with Gasteiger partial charge in [0, 0.05) is 17.7 Å². The van der Waals surface area contributed by atoms with Gasteiger partial charge >= 0.3 is 0 Å². The first-order chi connectivity index (χ1) is 9.04. The number of halogens is 1. The van der Waals surface area contributed by atoms with Crippen LogP contribution in [0.1, 0.15) is 46.0 Å². The molecule has 0 aliphatic heterocycles. The average Bonchev–Trinajstić information content (AvgIpc) is 2.78. The second-order valence-corrected chi connectivity index (χ2v) is 5.61. The molecule has 0 radical (unpaired) electrons. The normalized spacial score (nSPS) is 17.4. The summed E-state index contributed by atoms with van der Waals surface area (Å²) in [5, 5.41) is 3.46. The minimum atomic E-state index is -0.395. The second-order valence-electron chi connectivity index (χ2n) is 5.61. The highest BCUT2D eigenvalue weighted by atomic mass is 19.1. The zero-order valence-electron chi connectivity index (χ0n) is 11.8. The van der Waals surface area contributed by atoms with E-state index in [0.29, 0.717) is 12.3 Å². The molecule has 1 fully saturated rings. The highest BCUT2D eigenvalue weighted by Crippen LogP contribution is 2.36. The summed E-state index contributed by atoms with van der Waals surface area (Å²) >= 11 is 0. The molecule has 1 aliphatic carbocycles. The van der Waals surface area contributed by atoms with Gasteiger partial charge in [-0.05, 0) is 26.2 Å². The van der Waals surface area contributed by atoms with E-state index in [1.54, 1.807) is 6.07 Å². The molecule has 0 spiro atoms. The molecule has 0 saturated heterocycles. The lowest BCUT2D eigenvalue weighted by atomic mass is 10.00. The van der Waals surface area contributed by atoms with Crippen LogP contribution in [0.4, 0.5) is 15.8 Å². The summed E-state index contributed by atoms with van der Waals surface area (Å²) in [6.07, 6.45) is 5.54. The van der Waals surface area contributed by atoms with E-state index >= 15 is 0 Å². The van der Waals surface area contributed by atoms with Gasteiger partial charge in [-0.25, -0.2) is 4.39 Å². The monoisotopic (exact) mass is 266 g/mol. The molecule has 0 unspecified atom stereocenters. The number of hydrogen-bond acceptors (Lipinski definition) is 3. The second kappa shape index (κ2) is 5.68. The molecule has 2 rings (SSSR count). The maximum absolute atomic E-state index is 13.7. The number of nitrogens with two attached hydrogens (primary N) is 1. The molecule has 0 amide bonds. The predicted octanol–water partition coefficient (Wildman–Crippen LogP) is 3.94. The summed E-state index contributed by atoms with van der Waals surface area (Å²) in [6, 6.07) is 3.02. The summed E-state index contributed by atoms with van der Waals surface area (Å²) in [5.41, 5.74) is 7.18. The first kappa shape index (κ1) is 14.0. The number of hydrogen-bond donors (Lipinski definition) is 2. The lowest BCUT2D eigenvalue weighted by Gasteiger charge is -2.28. The summed E-state index contributed by atoms with van der Waals surface area (Å²) in [7, 11) is 0. The summed E-state index contributed by atoms with van der Waals surface area (Å²) in [4.78, 5) is 0. The Morgan fingerprint density at radius 3 is 2.68 bits per heavy atom. The van der Waals surface area contributed by atoms with E-state index in [2.05, 4.69) is 12.2 Å². The Morgan fingerprint density at radius 1 is 1.37 bits per heavy atom. The van der Waals surface area contributed by atoms with Gasteiger partial charge in [0.25, 0.3) is 0 Å². The van der Waals surface area contributed by atoms with Gasteiger partial charge in [-0.1, -0.05) is 19.8 Å². The fraction of sp³-hybridized carbons (Fsp3) is 0.600. The molecule has 0 atom stereocenters. The number of benzene rings is 1. The highest BCUT2D eigenvalue weighted by molar-refractivity contribution is 5.69. The molecule has 1 saturated carbocycles. The van der Waals surface area contributed by atoms with E-state index in [0.717, 1.165) is 24.9 Å². The van der Waals surface area contributed by atoms with Crippen LogP contribution in [-0.2, 0) is 0 Å². The molecule has 0 bridgehead atoms. The molecule has 19 heavy (non-hydrogen) atoms. The SMILES string of the molecule is CCCOc1cc(NC2(C)CCCC2)c(N)cc1F. The first-order valence-corrected chi connectivity index (χ1v) is 7.04. The van der Waals surface area contributed by atoms with Gasteiger partial charge in [0.1, 0.15) is 0 Å². The van der Waals surface area contributed by atoms with Crippen molar-refractivity contribution in [2.24, 2.45) is 0 Å². The van der Waals surface area contributed by atoms with Crippen LogP contribution in [0.2, 0.25) is 0 Å². The third kappa shape index (κ3) is 3.31. The fourth-order valence-electron chi connectivity index (χ4n) is 2.61. The van der Waals surface area contributed by atoms with Crippen LogP contribution in [0.25, 0.3) is 0 Å². The number of nitrogens with one attached hydrogen (secondary N) is 1. The van der Waals surface area contributed by atoms with Crippen LogP contribution < -0.4 is 15.8 Å². The zero-order valence-corrected chi connectivity index (χ0v) is 11.8. The molecule has 0 heterocycles. The Morgan fingerprint density at radius 2 is 2.05 bits per heavy atom. The zero-order chi connectivity index (χ0) is 13.9. The van der Waals surface area contributed by atoms with Crippen molar-refractivity contribution in [2.75, 3.05) is 17.7 Å². The third-order valence-electron chi connectivity index (χ3n) is 3.71. The molecule has 1 aromatic rings. The van der Waals surface area contributed by atoms with Gasteiger partial charge in [0.2, 0.25) is 0 Å². The Balaban J connectivity index is 2.19. The molecule has 3 nitrogen and oxygen atoms in total. The maximum Gasteiger partial charge on any atom is 0.167 e. The van der Waals surface area contributed by atoms with E-state index in [4.69, 9.17) is 10.5 Å². The standard InChI is InChI=1S/C15H23FN2O/c1-3-8-19-14-10-13(12(17)9-11(14)16)18-15(2)6-4-5-7-15/h9-10,18H,3-8,17H2,1-2H3. The van der Waals surface area contributed by atoms with Crippen molar-refractivity contribution in [1.82, 2.24) is 0 Å². The van der Waals surface area contributed by atoms with Crippen LogP contribution >= 0.6 is 0 Å². The van der Waals surface area contributed by atoms with E-state index in [-0.39, 0.29) is 11.3 Å². The smallest absolute Gasteiger partial charge is 0.167 e. The Hall–Kier alpha value is -1.45. The van der Waals surface area contributed by atoms with Crippen LogP contribution in [0.5, 0.6) is 5.75 Å². The van der Waals surface area contributed by atoms with Crippen LogP contribution in [-0.4, -0.2) is 12.1 Å². The third-order valence-corrected chi connectivity index (χ3v) is 3.71. The van der Waals surface area contributed by atoms with E-state index in [1.165, 1.54) is 18.9 Å². The van der Waals surface area contributed by atoms with Crippen molar-refractivity contribution < 1.29 is 9.13 Å². The van der Waals surface area contributed by atoms with E-state index < -0.39 is 5.82 Å². The van der Waals surface area contributed by atoms with Gasteiger partial charge < -0.3 is 15.8 Å². The molecular weight excluding hydrogens is 243 g/mol. The van der Waals surface area contributed by atoms with Gasteiger partial charge in [-0.3, -0.25) is 0 Å². The Bertz CT molecular complexity index is 442. The number of ether oxygens (including phenoxy) is 1. The van der Waals surface area contributed by atoms with Crippen LogP contribution in [0, 0.1) is 5.82 Å². The molecule has 106 valence electrons. The van der Waals surface area contributed by atoms with Crippen molar-refractivity contribution >= 4 is 11.4 Å². The Kier molecular flexibility index (Phi) is 4.17. The highest BCUT2D eigenvalue weighted by Gasteiger charge is 2.29. The van der Waals surface area contributed by atoms with Crippen molar-refractivity contribution in [3.63, 3.8) is 0 Å². The van der Waals surface area contributed by atoms with Gasteiger partial charge in [0.15, 0.2) is 11.6 Å². The first-order valence-electron chi connectivity index (χ1n) is 7.04. The largest absolute Gasteiger partial charge is 0.490 e. The quantitative estimate of drug-likeness (QED) is 0.793. The molecule has 4 heteroatoms. The minimum absolute atomic E-state index is 0.0635. The van der Waals surface area contributed by atoms with Crippen molar-refractivity contribution in [2.45, 2.75) is 51.5 Å². The van der Waals surface area contributed by atoms with Crippen LogP contribution in [0.3, 0.4) is 0 Å². The predicted molar refractivity (Wildman–Crippen MR) is 77.1 cm³/mol.